The van der Waals surface area contributed by atoms with Gasteiger partial charge in [0.15, 0.2) is 0 Å². The third-order valence-electron chi connectivity index (χ3n) is 4.34. The Morgan fingerprint density at radius 3 is 2.52 bits per heavy atom. The van der Waals surface area contributed by atoms with Gasteiger partial charge >= 0.3 is 6.03 Å². The van der Waals surface area contributed by atoms with Crippen LogP contribution in [0.3, 0.4) is 0 Å². The van der Waals surface area contributed by atoms with E-state index in [2.05, 4.69) is 10.6 Å². The van der Waals surface area contributed by atoms with Crippen LogP contribution in [0.25, 0.3) is 0 Å². The first-order valence-electron chi connectivity index (χ1n) is 8.95. The summed E-state index contributed by atoms with van der Waals surface area (Å²) >= 11 is 0. The van der Waals surface area contributed by atoms with Crippen molar-refractivity contribution in [3.05, 3.63) is 29.8 Å². The summed E-state index contributed by atoms with van der Waals surface area (Å²) in [5.41, 5.74) is -0.593. The summed E-state index contributed by atoms with van der Waals surface area (Å²) in [6.45, 7) is 6.14. The predicted molar refractivity (Wildman–Crippen MR) is 99.3 cm³/mol. The lowest BCUT2D eigenvalue weighted by Crippen LogP contribution is -2.43. The molecule has 0 aromatic heterocycles. The highest BCUT2D eigenvalue weighted by molar-refractivity contribution is 6.09. The van der Waals surface area contributed by atoms with Crippen LogP contribution in [0.4, 0.5) is 4.79 Å². The number of amides is 4. The number of hydrogen-bond donors (Lipinski definition) is 2. The molecule has 1 heterocycles. The molecular weight excluding hydrogens is 350 g/mol. The summed E-state index contributed by atoms with van der Waals surface area (Å²) in [4.78, 5) is 38.1. The molecule has 1 fully saturated rings. The first kappa shape index (κ1) is 20.7. The Kier molecular flexibility index (Phi) is 6.79. The molecular formula is C19H27N3O5. The van der Waals surface area contributed by atoms with Gasteiger partial charge in [0.25, 0.3) is 5.91 Å². The van der Waals surface area contributed by atoms with E-state index in [-0.39, 0.29) is 18.6 Å². The molecule has 1 atom stereocenters. The molecule has 8 heteroatoms. The second kappa shape index (κ2) is 8.85. The van der Waals surface area contributed by atoms with E-state index in [0.29, 0.717) is 30.9 Å². The Bertz CT molecular complexity index is 689. The highest BCUT2D eigenvalue weighted by Gasteiger charge is 2.49. The monoisotopic (exact) mass is 377 g/mol. The van der Waals surface area contributed by atoms with Crippen LogP contribution in [0.1, 0.15) is 32.8 Å². The van der Waals surface area contributed by atoms with Crippen molar-refractivity contribution in [2.75, 3.05) is 26.8 Å². The van der Waals surface area contributed by atoms with Crippen molar-refractivity contribution in [1.29, 1.82) is 0 Å². The maximum absolute atomic E-state index is 12.8. The second-order valence-electron chi connectivity index (χ2n) is 6.80. The average Bonchev–Trinajstić information content (AvgIpc) is 2.85. The fourth-order valence-electron chi connectivity index (χ4n) is 2.78. The van der Waals surface area contributed by atoms with Crippen LogP contribution in [0.2, 0.25) is 0 Å². The van der Waals surface area contributed by atoms with Gasteiger partial charge in [-0.15, -0.1) is 0 Å². The Morgan fingerprint density at radius 1 is 1.26 bits per heavy atom. The Morgan fingerprint density at radius 2 is 1.93 bits per heavy atom. The zero-order valence-corrected chi connectivity index (χ0v) is 16.2. The van der Waals surface area contributed by atoms with Gasteiger partial charge in [0.05, 0.1) is 13.2 Å². The van der Waals surface area contributed by atoms with Crippen LogP contribution in [0.5, 0.6) is 5.75 Å². The summed E-state index contributed by atoms with van der Waals surface area (Å²) in [6.07, 6.45) is 0.801. The van der Waals surface area contributed by atoms with E-state index >= 15 is 0 Å². The number of urea groups is 1. The second-order valence-corrected chi connectivity index (χ2v) is 6.80. The van der Waals surface area contributed by atoms with E-state index in [0.717, 1.165) is 4.90 Å². The van der Waals surface area contributed by atoms with Crippen molar-refractivity contribution < 1.29 is 23.9 Å². The first-order chi connectivity index (χ1) is 12.8. The lowest BCUT2D eigenvalue weighted by atomic mass is 9.92. The van der Waals surface area contributed by atoms with Crippen molar-refractivity contribution in [1.82, 2.24) is 15.5 Å². The minimum absolute atomic E-state index is 0.141. The number of carbonyl (C=O) groups excluding carboxylic acids is 3. The van der Waals surface area contributed by atoms with E-state index in [1.54, 1.807) is 38.3 Å². The smallest absolute Gasteiger partial charge is 0.325 e. The zero-order chi connectivity index (χ0) is 20.0. The SMILES string of the molecule is COc1ccc([C@]2(C)NC(=O)N(CC(=O)NCCCOC(C)C)C2=O)cc1. The normalized spacial score (nSPS) is 19.4. The lowest BCUT2D eigenvalue weighted by Gasteiger charge is -2.22. The maximum atomic E-state index is 12.8. The van der Waals surface area contributed by atoms with Crippen molar-refractivity contribution in [2.24, 2.45) is 0 Å². The number of imide groups is 1. The maximum Gasteiger partial charge on any atom is 0.325 e. The van der Waals surface area contributed by atoms with Gasteiger partial charge in [-0.1, -0.05) is 12.1 Å². The molecule has 1 aromatic carbocycles. The molecule has 1 aliphatic rings. The Balaban J connectivity index is 1.93. The highest BCUT2D eigenvalue weighted by atomic mass is 16.5. The Hall–Kier alpha value is -2.61. The molecule has 1 aromatic rings. The fraction of sp³-hybridized carbons (Fsp3) is 0.526. The van der Waals surface area contributed by atoms with E-state index in [1.165, 1.54) is 0 Å². The van der Waals surface area contributed by atoms with Crippen LogP contribution in [0.15, 0.2) is 24.3 Å². The molecule has 1 saturated heterocycles. The van der Waals surface area contributed by atoms with Gasteiger partial charge in [0, 0.05) is 13.2 Å². The van der Waals surface area contributed by atoms with Crippen molar-refractivity contribution >= 4 is 17.8 Å². The topological polar surface area (TPSA) is 97.0 Å². The van der Waals surface area contributed by atoms with Gasteiger partial charge in [-0.05, 0) is 44.9 Å². The van der Waals surface area contributed by atoms with Gasteiger partial charge in [-0.25, -0.2) is 4.79 Å². The van der Waals surface area contributed by atoms with Crippen LogP contribution in [-0.2, 0) is 19.9 Å². The zero-order valence-electron chi connectivity index (χ0n) is 16.2. The van der Waals surface area contributed by atoms with Crippen molar-refractivity contribution in [3.63, 3.8) is 0 Å². The molecule has 4 amide bonds. The number of hydrogen-bond acceptors (Lipinski definition) is 5. The first-order valence-corrected chi connectivity index (χ1v) is 8.95. The Labute approximate surface area is 159 Å². The number of ether oxygens (including phenoxy) is 2. The largest absolute Gasteiger partial charge is 0.497 e. The quantitative estimate of drug-likeness (QED) is 0.501. The molecule has 0 aliphatic carbocycles. The minimum Gasteiger partial charge on any atom is -0.497 e. The van der Waals surface area contributed by atoms with Gasteiger partial charge in [0.2, 0.25) is 5.91 Å². The number of nitrogens with one attached hydrogen (secondary N) is 2. The molecule has 0 spiro atoms. The number of nitrogens with zero attached hydrogens (tertiary/aromatic N) is 1. The van der Waals surface area contributed by atoms with Gasteiger partial charge < -0.3 is 20.1 Å². The number of benzene rings is 1. The van der Waals surface area contributed by atoms with Crippen LogP contribution in [0, 0.1) is 0 Å². The molecule has 27 heavy (non-hydrogen) atoms. The van der Waals surface area contributed by atoms with E-state index in [1.807, 2.05) is 13.8 Å². The molecule has 1 aliphatic heterocycles. The number of rotatable bonds is 9. The van der Waals surface area contributed by atoms with Crippen LogP contribution < -0.4 is 15.4 Å². The minimum atomic E-state index is -1.21. The number of methoxy groups -OCH3 is 1. The fourth-order valence-corrected chi connectivity index (χ4v) is 2.78. The number of carbonyl (C=O) groups is 3. The highest BCUT2D eigenvalue weighted by Crippen LogP contribution is 2.29. The van der Waals surface area contributed by atoms with Crippen molar-refractivity contribution in [3.8, 4) is 5.75 Å². The molecule has 0 saturated carbocycles. The molecule has 0 unspecified atom stereocenters. The van der Waals surface area contributed by atoms with Crippen molar-refractivity contribution in [2.45, 2.75) is 38.8 Å². The van der Waals surface area contributed by atoms with E-state index in [4.69, 9.17) is 9.47 Å². The van der Waals surface area contributed by atoms with Crippen LogP contribution >= 0.6 is 0 Å². The van der Waals surface area contributed by atoms with Crippen LogP contribution in [-0.4, -0.2) is 55.7 Å². The summed E-state index contributed by atoms with van der Waals surface area (Å²) < 4.78 is 10.5. The standard InChI is InChI=1S/C19H27N3O5/c1-13(2)27-11-5-10-20-16(23)12-22-17(24)19(3,21-18(22)25)14-6-8-15(26-4)9-7-14/h6-9,13H,5,10-12H2,1-4H3,(H,20,23)(H,21,25)/t19-/m0/s1. The predicted octanol–water partition coefficient (Wildman–Crippen LogP) is 1.39. The molecule has 148 valence electrons. The molecule has 0 radical (unpaired) electrons. The summed E-state index contributed by atoms with van der Waals surface area (Å²) in [6, 6.07) is 6.28. The molecule has 8 nitrogen and oxygen atoms in total. The van der Waals surface area contributed by atoms with Gasteiger partial charge in [-0.3, -0.25) is 14.5 Å². The van der Waals surface area contributed by atoms with Gasteiger partial charge in [0.1, 0.15) is 17.8 Å². The summed E-state index contributed by atoms with van der Waals surface area (Å²) in [5, 5.41) is 5.37. The molecule has 2 rings (SSSR count). The van der Waals surface area contributed by atoms with E-state index in [9.17, 15) is 14.4 Å². The summed E-state index contributed by atoms with van der Waals surface area (Å²) in [5.74, 6) is -0.199. The van der Waals surface area contributed by atoms with Gasteiger partial charge in [-0.2, -0.15) is 0 Å². The third kappa shape index (κ3) is 4.97. The third-order valence-corrected chi connectivity index (χ3v) is 4.34. The molecule has 0 bridgehead atoms. The molecule has 2 N–H and O–H groups in total. The van der Waals surface area contributed by atoms with E-state index < -0.39 is 17.5 Å². The summed E-state index contributed by atoms with van der Waals surface area (Å²) in [7, 11) is 1.55. The lowest BCUT2D eigenvalue weighted by molar-refractivity contribution is -0.134. The average molecular weight is 377 g/mol.